The fourth-order valence-electron chi connectivity index (χ4n) is 3.45. The number of piperidine rings is 1. The van der Waals surface area contributed by atoms with Gasteiger partial charge in [0.25, 0.3) is 5.56 Å². The van der Waals surface area contributed by atoms with Crippen LogP contribution in [-0.4, -0.2) is 34.1 Å². The number of aromatic nitrogens is 3. The van der Waals surface area contributed by atoms with Crippen molar-refractivity contribution < 1.29 is 4.39 Å². The minimum atomic E-state index is -0.397. The molecule has 0 saturated carbocycles. The van der Waals surface area contributed by atoms with Gasteiger partial charge >= 0.3 is 0 Å². The van der Waals surface area contributed by atoms with E-state index in [1.54, 1.807) is 24.4 Å². The van der Waals surface area contributed by atoms with Crippen molar-refractivity contribution in [3.8, 4) is 6.07 Å². The number of H-pyrrole nitrogens is 1. The Balaban J connectivity index is 1.57. The summed E-state index contributed by atoms with van der Waals surface area (Å²) in [5, 5.41) is 12.7. The number of nitriles is 1. The van der Waals surface area contributed by atoms with Gasteiger partial charge in [-0.25, -0.2) is 14.4 Å². The molecule has 0 spiro atoms. The molecule has 27 heavy (non-hydrogen) atoms. The first-order valence-electron chi connectivity index (χ1n) is 8.69. The highest BCUT2D eigenvalue weighted by atomic mass is 19.1. The van der Waals surface area contributed by atoms with Crippen LogP contribution in [0.3, 0.4) is 0 Å². The zero-order valence-electron chi connectivity index (χ0n) is 14.4. The van der Waals surface area contributed by atoms with E-state index in [-0.39, 0.29) is 11.6 Å². The summed E-state index contributed by atoms with van der Waals surface area (Å²) in [5.41, 5.74) is 1.10. The van der Waals surface area contributed by atoms with Crippen LogP contribution < -0.4 is 15.8 Å². The van der Waals surface area contributed by atoms with Crippen LogP contribution in [-0.2, 0) is 0 Å². The predicted octanol–water partition coefficient (Wildman–Crippen LogP) is 2.41. The first-order chi connectivity index (χ1) is 13.2. The maximum Gasteiger partial charge on any atom is 0.258 e. The Kier molecular flexibility index (Phi) is 4.42. The third-order valence-electron chi connectivity index (χ3n) is 4.74. The molecule has 3 heterocycles. The summed E-state index contributed by atoms with van der Waals surface area (Å²) >= 11 is 0. The molecule has 7 nitrogen and oxygen atoms in total. The van der Waals surface area contributed by atoms with Crippen molar-refractivity contribution in [2.75, 3.05) is 23.3 Å². The van der Waals surface area contributed by atoms with Gasteiger partial charge in [0.05, 0.1) is 29.0 Å². The summed E-state index contributed by atoms with van der Waals surface area (Å²) < 4.78 is 14.4. The third kappa shape index (κ3) is 3.31. The second-order valence-corrected chi connectivity index (χ2v) is 6.49. The lowest BCUT2D eigenvalue weighted by Gasteiger charge is -2.35. The Hall–Kier alpha value is -3.47. The number of nitrogens with zero attached hydrogens (tertiary/aromatic N) is 4. The highest BCUT2D eigenvalue weighted by Gasteiger charge is 2.23. The molecular formula is C19H17FN6O. The smallest absolute Gasteiger partial charge is 0.258 e. The molecular weight excluding hydrogens is 347 g/mol. The predicted molar refractivity (Wildman–Crippen MR) is 100 cm³/mol. The lowest BCUT2D eigenvalue weighted by molar-refractivity contribution is 0.518. The van der Waals surface area contributed by atoms with E-state index in [1.165, 1.54) is 12.4 Å². The standard InChI is InChI=1S/C19H17FN6O/c20-15-8-12(9-21)3-4-16(15)26-7-1-2-13(10-26)25-18-17-14(5-6-22-18)19(27)24-11-23-17/h3-6,8,11,13H,1-2,7,10H2,(H,22,25)(H,23,24,27). The van der Waals surface area contributed by atoms with Gasteiger partial charge < -0.3 is 15.2 Å². The molecule has 0 radical (unpaired) electrons. The van der Waals surface area contributed by atoms with E-state index in [0.29, 0.717) is 34.5 Å². The number of anilines is 2. The maximum absolute atomic E-state index is 14.4. The van der Waals surface area contributed by atoms with Crippen LogP contribution in [0.2, 0.25) is 0 Å². The van der Waals surface area contributed by atoms with E-state index in [9.17, 15) is 9.18 Å². The largest absolute Gasteiger partial charge is 0.367 e. The summed E-state index contributed by atoms with van der Waals surface area (Å²) in [5.74, 6) is 0.150. The SMILES string of the molecule is N#Cc1ccc(N2CCCC(Nc3nccc4c(=O)[nH]cnc34)C2)c(F)c1. The van der Waals surface area contributed by atoms with E-state index in [0.717, 1.165) is 19.4 Å². The lowest BCUT2D eigenvalue weighted by atomic mass is 10.0. The van der Waals surface area contributed by atoms with Crippen LogP contribution >= 0.6 is 0 Å². The van der Waals surface area contributed by atoms with Gasteiger partial charge in [-0.1, -0.05) is 0 Å². The third-order valence-corrected chi connectivity index (χ3v) is 4.74. The van der Waals surface area contributed by atoms with Gasteiger partial charge in [0.15, 0.2) is 5.82 Å². The van der Waals surface area contributed by atoms with Gasteiger partial charge in [-0.2, -0.15) is 5.26 Å². The summed E-state index contributed by atoms with van der Waals surface area (Å²) in [6, 6.07) is 8.14. The van der Waals surface area contributed by atoms with E-state index in [1.807, 2.05) is 11.0 Å². The zero-order valence-corrected chi connectivity index (χ0v) is 14.4. The molecule has 2 aromatic heterocycles. The molecule has 0 bridgehead atoms. The monoisotopic (exact) mass is 364 g/mol. The molecule has 136 valence electrons. The minimum Gasteiger partial charge on any atom is -0.367 e. The average molecular weight is 364 g/mol. The van der Waals surface area contributed by atoms with Crippen LogP contribution in [0.15, 0.2) is 41.6 Å². The highest BCUT2D eigenvalue weighted by Crippen LogP contribution is 2.26. The topological polar surface area (TPSA) is 97.7 Å². The quantitative estimate of drug-likeness (QED) is 0.741. The Morgan fingerprint density at radius 2 is 2.22 bits per heavy atom. The maximum atomic E-state index is 14.4. The summed E-state index contributed by atoms with van der Waals surface area (Å²) in [6.45, 7) is 1.33. The van der Waals surface area contributed by atoms with Crippen molar-refractivity contribution in [1.82, 2.24) is 15.0 Å². The van der Waals surface area contributed by atoms with Crippen LogP contribution in [0.4, 0.5) is 15.9 Å². The summed E-state index contributed by atoms with van der Waals surface area (Å²) in [4.78, 5) is 25.0. The first-order valence-corrected chi connectivity index (χ1v) is 8.69. The highest BCUT2D eigenvalue weighted by molar-refractivity contribution is 5.87. The fourth-order valence-corrected chi connectivity index (χ4v) is 3.45. The first kappa shape index (κ1) is 17.0. The number of aromatic amines is 1. The molecule has 1 aromatic carbocycles. The molecule has 1 fully saturated rings. The molecule has 0 aliphatic carbocycles. The van der Waals surface area contributed by atoms with Crippen molar-refractivity contribution >= 4 is 22.4 Å². The molecule has 1 aliphatic heterocycles. The van der Waals surface area contributed by atoms with Crippen molar-refractivity contribution in [3.05, 3.63) is 58.5 Å². The fraction of sp³-hybridized carbons (Fsp3) is 0.263. The number of halogens is 1. The van der Waals surface area contributed by atoms with Crippen molar-refractivity contribution in [2.24, 2.45) is 0 Å². The molecule has 1 unspecified atom stereocenters. The molecule has 3 aromatic rings. The van der Waals surface area contributed by atoms with Crippen LogP contribution in [0.1, 0.15) is 18.4 Å². The second kappa shape index (κ2) is 7.03. The molecule has 1 saturated heterocycles. The van der Waals surface area contributed by atoms with E-state index >= 15 is 0 Å². The molecule has 1 atom stereocenters. The molecule has 2 N–H and O–H groups in total. The number of hydrogen-bond donors (Lipinski definition) is 2. The normalized spacial score (nSPS) is 16.9. The lowest BCUT2D eigenvalue weighted by Crippen LogP contribution is -2.42. The Morgan fingerprint density at radius 1 is 1.33 bits per heavy atom. The summed E-state index contributed by atoms with van der Waals surface area (Å²) in [6.07, 6.45) is 4.71. The average Bonchev–Trinajstić information content (AvgIpc) is 2.69. The number of benzene rings is 1. The number of nitrogens with one attached hydrogen (secondary N) is 2. The van der Waals surface area contributed by atoms with Crippen LogP contribution in [0.5, 0.6) is 0 Å². The Labute approximate surface area is 154 Å². The van der Waals surface area contributed by atoms with Crippen molar-refractivity contribution in [1.29, 1.82) is 5.26 Å². The second-order valence-electron chi connectivity index (χ2n) is 6.49. The minimum absolute atomic E-state index is 0.0352. The Bertz CT molecular complexity index is 1090. The van der Waals surface area contributed by atoms with E-state index < -0.39 is 5.82 Å². The molecule has 1 aliphatic rings. The molecule has 4 rings (SSSR count). The van der Waals surface area contributed by atoms with Crippen molar-refractivity contribution in [3.63, 3.8) is 0 Å². The number of fused-ring (bicyclic) bond motifs is 1. The Morgan fingerprint density at radius 3 is 3.04 bits per heavy atom. The van der Waals surface area contributed by atoms with Gasteiger partial charge in [-0.05, 0) is 37.1 Å². The van der Waals surface area contributed by atoms with Crippen LogP contribution in [0, 0.1) is 17.1 Å². The van der Waals surface area contributed by atoms with Gasteiger partial charge in [0.2, 0.25) is 0 Å². The van der Waals surface area contributed by atoms with Gasteiger partial charge in [0.1, 0.15) is 11.3 Å². The van der Waals surface area contributed by atoms with Gasteiger partial charge in [0, 0.05) is 25.3 Å². The molecule has 8 heteroatoms. The van der Waals surface area contributed by atoms with Crippen molar-refractivity contribution in [2.45, 2.75) is 18.9 Å². The number of pyridine rings is 1. The van der Waals surface area contributed by atoms with Gasteiger partial charge in [-0.3, -0.25) is 4.79 Å². The van der Waals surface area contributed by atoms with Crippen LogP contribution in [0.25, 0.3) is 10.9 Å². The number of rotatable bonds is 3. The van der Waals surface area contributed by atoms with E-state index in [2.05, 4.69) is 20.3 Å². The van der Waals surface area contributed by atoms with E-state index in [4.69, 9.17) is 5.26 Å². The van der Waals surface area contributed by atoms with Gasteiger partial charge in [-0.15, -0.1) is 0 Å². The molecule has 0 amide bonds. The number of hydrogen-bond acceptors (Lipinski definition) is 6. The summed E-state index contributed by atoms with van der Waals surface area (Å²) in [7, 11) is 0. The zero-order chi connectivity index (χ0) is 18.8.